The van der Waals surface area contributed by atoms with Crippen LogP contribution in [-0.4, -0.2) is 44.8 Å². The first-order chi connectivity index (χ1) is 16.2. The van der Waals surface area contributed by atoms with E-state index in [9.17, 15) is 9.59 Å². The molecule has 1 saturated heterocycles. The fourth-order valence-corrected chi connectivity index (χ4v) is 5.20. The summed E-state index contributed by atoms with van der Waals surface area (Å²) in [7, 11) is 0. The van der Waals surface area contributed by atoms with E-state index in [0.29, 0.717) is 25.9 Å². The van der Waals surface area contributed by atoms with Crippen LogP contribution in [0.25, 0.3) is 0 Å². The number of fused-ring (bicyclic) bond motifs is 3. The number of nitrogens with zero attached hydrogens (tertiary/aromatic N) is 4. The van der Waals surface area contributed by atoms with Crippen LogP contribution in [0.1, 0.15) is 49.7 Å². The van der Waals surface area contributed by atoms with Gasteiger partial charge in [0.05, 0.1) is 5.92 Å². The SMILES string of the molecule is O=C(CCC1=NNC2N(Cc3ccccc3)C(=O)C3CCCCC3N12)NCc1cccnc1. The van der Waals surface area contributed by atoms with E-state index in [1.807, 2.05) is 47.4 Å². The lowest BCUT2D eigenvalue weighted by atomic mass is 9.80. The van der Waals surface area contributed by atoms with Crippen LogP contribution in [0, 0.1) is 5.92 Å². The van der Waals surface area contributed by atoms with E-state index < -0.39 is 0 Å². The summed E-state index contributed by atoms with van der Waals surface area (Å²) in [6.45, 7) is 1.01. The molecule has 3 aliphatic rings. The number of hydrazone groups is 1. The number of aromatic nitrogens is 1. The molecule has 1 aromatic carbocycles. The van der Waals surface area contributed by atoms with Crippen molar-refractivity contribution in [2.45, 2.75) is 63.9 Å². The van der Waals surface area contributed by atoms with Gasteiger partial charge in [-0.2, -0.15) is 5.10 Å². The molecule has 2 aliphatic heterocycles. The van der Waals surface area contributed by atoms with Gasteiger partial charge < -0.3 is 10.2 Å². The number of hydrogen-bond acceptors (Lipinski definition) is 6. The fourth-order valence-electron chi connectivity index (χ4n) is 5.20. The molecule has 0 bridgehead atoms. The summed E-state index contributed by atoms with van der Waals surface area (Å²) in [6.07, 6.45) is 8.19. The molecule has 2 aromatic rings. The largest absolute Gasteiger partial charge is 0.352 e. The Labute approximate surface area is 194 Å². The smallest absolute Gasteiger partial charge is 0.231 e. The lowest BCUT2D eigenvalue weighted by Crippen LogP contribution is -2.67. The molecule has 1 saturated carbocycles. The Hall–Kier alpha value is -3.42. The van der Waals surface area contributed by atoms with Crippen molar-refractivity contribution in [3.05, 3.63) is 66.0 Å². The Kier molecular flexibility index (Phi) is 6.24. The molecule has 172 valence electrons. The van der Waals surface area contributed by atoms with Gasteiger partial charge in [-0.3, -0.25) is 24.9 Å². The van der Waals surface area contributed by atoms with Crippen molar-refractivity contribution in [2.75, 3.05) is 0 Å². The van der Waals surface area contributed by atoms with Crippen molar-refractivity contribution in [3.63, 3.8) is 0 Å². The maximum atomic E-state index is 13.4. The van der Waals surface area contributed by atoms with Gasteiger partial charge in [-0.1, -0.05) is 49.2 Å². The molecule has 0 radical (unpaired) electrons. The van der Waals surface area contributed by atoms with Gasteiger partial charge in [-0.25, -0.2) is 0 Å². The second kappa shape index (κ2) is 9.60. The number of carbonyl (C=O) groups is 2. The highest BCUT2D eigenvalue weighted by molar-refractivity contribution is 5.91. The second-order valence-corrected chi connectivity index (χ2v) is 8.99. The summed E-state index contributed by atoms with van der Waals surface area (Å²) in [4.78, 5) is 34.2. The number of rotatable bonds is 7. The van der Waals surface area contributed by atoms with E-state index in [1.54, 1.807) is 12.4 Å². The van der Waals surface area contributed by atoms with Crippen LogP contribution < -0.4 is 10.7 Å². The molecule has 3 atom stereocenters. The Balaban J connectivity index is 1.26. The first-order valence-electron chi connectivity index (χ1n) is 11.8. The number of amides is 2. The third-order valence-corrected chi connectivity index (χ3v) is 6.84. The van der Waals surface area contributed by atoms with Crippen LogP contribution in [0.2, 0.25) is 0 Å². The van der Waals surface area contributed by atoms with Crippen molar-refractivity contribution in [1.82, 2.24) is 25.5 Å². The van der Waals surface area contributed by atoms with E-state index in [-0.39, 0.29) is 30.1 Å². The highest BCUT2D eigenvalue weighted by Gasteiger charge is 2.50. The number of benzene rings is 1. The summed E-state index contributed by atoms with van der Waals surface area (Å²) in [6, 6.07) is 14.0. The lowest BCUT2D eigenvalue weighted by Gasteiger charge is -2.50. The average Bonchev–Trinajstić information content (AvgIpc) is 3.29. The van der Waals surface area contributed by atoms with Crippen LogP contribution in [-0.2, 0) is 22.7 Å². The van der Waals surface area contributed by atoms with Crippen molar-refractivity contribution in [3.8, 4) is 0 Å². The number of carbonyl (C=O) groups excluding carboxylic acids is 2. The first kappa shape index (κ1) is 21.4. The van der Waals surface area contributed by atoms with Crippen molar-refractivity contribution in [2.24, 2.45) is 11.0 Å². The molecule has 3 unspecified atom stereocenters. The average molecular weight is 447 g/mol. The Bertz CT molecular complexity index is 1010. The molecular formula is C25H30N6O2. The van der Waals surface area contributed by atoms with Crippen molar-refractivity contribution in [1.29, 1.82) is 0 Å². The highest BCUT2D eigenvalue weighted by atomic mass is 16.2. The fraction of sp³-hybridized carbons (Fsp3) is 0.440. The van der Waals surface area contributed by atoms with Gasteiger partial charge in [0.2, 0.25) is 11.8 Å². The molecule has 1 aromatic heterocycles. The van der Waals surface area contributed by atoms with Gasteiger partial charge in [-0.15, -0.1) is 0 Å². The molecular weight excluding hydrogens is 416 g/mol. The van der Waals surface area contributed by atoms with E-state index in [1.165, 1.54) is 0 Å². The molecule has 3 heterocycles. The van der Waals surface area contributed by atoms with Crippen LogP contribution in [0.3, 0.4) is 0 Å². The van der Waals surface area contributed by atoms with E-state index in [2.05, 4.69) is 25.7 Å². The third kappa shape index (κ3) is 4.55. The van der Waals surface area contributed by atoms with Crippen LogP contribution in [0.5, 0.6) is 0 Å². The summed E-state index contributed by atoms with van der Waals surface area (Å²) in [5, 5.41) is 7.56. The Morgan fingerprint density at radius 1 is 1.09 bits per heavy atom. The van der Waals surface area contributed by atoms with Crippen molar-refractivity contribution >= 4 is 17.6 Å². The van der Waals surface area contributed by atoms with Crippen LogP contribution in [0.15, 0.2) is 60.0 Å². The topological polar surface area (TPSA) is 89.9 Å². The molecule has 2 N–H and O–H groups in total. The van der Waals surface area contributed by atoms with Crippen LogP contribution >= 0.6 is 0 Å². The van der Waals surface area contributed by atoms with Gasteiger partial charge in [0.25, 0.3) is 0 Å². The zero-order chi connectivity index (χ0) is 22.6. The number of nitrogens with one attached hydrogen (secondary N) is 2. The third-order valence-electron chi connectivity index (χ3n) is 6.84. The minimum Gasteiger partial charge on any atom is -0.352 e. The molecule has 33 heavy (non-hydrogen) atoms. The standard InChI is InChI=1S/C25H30N6O2/c32-23(27-16-19-9-6-14-26-15-19)13-12-22-28-29-25-30(17-18-7-2-1-3-8-18)24(33)20-10-4-5-11-21(20)31(22)25/h1-3,6-9,14-15,20-21,25,29H,4-5,10-13,16-17H2,(H,27,32). The molecule has 2 fully saturated rings. The molecule has 1 aliphatic carbocycles. The highest BCUT2D eigenvalue weighted by Crippen LogP contribution is 2.38. The first-order valence-corrected chi connectivity index (χ1v) is 11.8. The maximum absolute atomic E-state index is 13.4. The molecule has 8 heteroatoms. The lowest BCUT2D eigenvalue weighted by molar-refractivity contribution is -0.156. The monoisotopic (exact) mass is 446 g/mol. The van der Waals surface area contributed by atoms with Gasteiger partial charge in [0, 0.05) is 44.4 Å². The van der Waals surface area contributed by atoms with Gasteiger partial charge in [-0.05, 0) is 30.0 Å². The zero-order valence-corrected chi connectivity index (χ0v) is 18.7. The quantitative estimate of drug-likeness (QED) is 0.682. The summed E-state index contributed by atoms with van der Waals surface area (Å²) in [5.74, 6) is 1.06. The Morgan fingerprint density at radius 2 is 1.91 bits per heavy atom. The number of pyridine rings is 1. The summed E-state index contributed by atoms with van der Waals surface area (Å²) >= 11 is 0. The molecule has 5 rings (SSSR count). The molecule has 0 spiro atoms. The predicted octanol–water partition coefficient (Wildman–Crippen LogP) is 2.58. The normalized spacial score (nSPS) is 23.9. The number of amidine groups is 1. The summed E-state index contributed by atoms with van der Waals surface area (Å²) < 4.78 is 0. The molecule has 8 nitrogen and oxygen atoms in total. The van der Waals surface area contributed by atoms with Gasteiger partial charge in [0.1, 0.15) is 5.84 Å². The Morgan fingerprint density at radius 3 is 2.73 bits per heavy atom. The van der Waals surface area contributed by atoms with Gasteiger partial charge >= 0.3 is 0 Å². The number of hydrogen-bond donors (Lipinski definition) is 2. The predicted molar refractivity (Wildman–Crippen MR) is 124 cm³/mol. The zero-order valence-electron chi connectivity index (χ0n) is 18.7. The van der Waals surface area contributed by atoms with E-state index >= 15 is 0 Å². The maximum Gasteiger partial charge on any atom is 0.231 e. The minimum atomic E-state index is -0.287. The minimum absolute atomic E-state index is 0.0109. The molecule has 2 amide bonds. The summed E-state index contributed by atoms with van der Waals surface area (Å²) in [5.41, 5.74) is 5.28. The van der Waals surface area contributed by atoms with Crippen molar-refractivity contribution < 1.29 is 9.59 Å². The van der Waals surface area contributed by atoms with Gasteiger partial charge in [0.15, 0.2) is 6.29 Å². The second-order valence-electron chi connectivity index (χ2n) is 8.99. The van der Waals surface area contributed by atoms with E-state index in [0.717, 1.165) is 42.6 Å². The van der Waals surface area contributed by atoms with E-state index in [4.69, 9.17) is 0 Å². The van der Waals surface area contributed by atoms with Crippen LogP contribution in [0.4, 0.5) is 0 Å².